The molecule has 0 aliphatic carbocycles. The van der Waals surface area contributed by atoms with Crippen LogP contribution in [0.1, 0.15) is 30.7 Å². The first-order valence-corrected chi connectivity index (χ1v) is 6.31. The molecular formula is C14H15N5. The summed E-state index contributed by atoms with van der Waals surface area (Å²) in [5.41, 5.74) is 8.46. The molecule has 3 N–H and O–H groups in total. The minimum atomic E-state index is 0.149. The number of imidazole rings is 1. The maximum absolute atomic E-state index is 5.94. The summed E-state index contributed by atoms with van der Waals surface area (Å²) < 4.78 is 0. The van der Waals surface area contributed by atoms with Gasteiger partial charge in [-0.1, -0.05) is 37.3 Å². The number of H-pyrrole nitrogens is 1. The topological polar surface area (TPSA) is 80.5 Å². The lowest BCUT2D eigenvalue weighted by molar-refractivity contribution is 0.722. The van der Waals surface area contributed by atoms with Crippen molar-refractivity contribution in [3.63, 3.8) is 0 Å². The van der Waals surface area contributed by atoms with Crippen molar-refractivity contribution in [3.8, 4) is 0 Å². The molecule has 1 aromatic carbocycles. The third-order valence-corrected chi connectivity index (χ3v) is 3.25. The van der Waals surface area contributed by atoms with E-state index >= 15 is 0 Å². The van der Waals surface area contributed by atoms with Crippen LogP contribution in [0, 0.1) is 0 Å². The van der Waals surface area contributed by atoms with E-state index in [2.05, 4.69) is 39.0 Å². The Bertz CT molecular complexity index is 689. The van der Waals surface area contributed by atoms with Crippen molar-refractivity contribution in [1.29, 1.82) is 0 Å². The first-order valence-electron chi connectivity index (χ1n) is 6.31. The molecule has 0 aliphatic heterocycles. The number of nitrogens with two attached hydrogens (primary N) is 1. The van der Waals surface area contributed by atoms with Crippen LogP contribution in [0.3, 0.4) is 0 Å². The van der Waals surface area contributed by atoms with E-state index in [9.17, 15) is 0 Å². The van der Waals surface area contributed by atoms with Crippen LogP contribution in [0.2, 0.25) is 0 Å². The second-order valence-electron chi connectivity index (χ2n) is 4.44. The Kier molecular flexibility index (Phi) is 2.87. The summed E-state index contributed by atoms with van der Waals surface area (Å²) in [4.78, 5) is 16.0. The molecule has 0 fully saturated rings. The Balaban J connectivity index is 2.11. The highest BCUT2D eigenvalue weighted by Gasteiger charge is 2.17. The third kappa shape index (κ3) is 2.03. The fourth-order valence-corrected chi connectivity index (χ4v) is 2.28. The van der Waals surface area contributed by atoms with E-state index in [1.807, 2.05) is 18.2 Å². The molecular weight excluding hydrogens is 238 g/mol. The molecule has 2 aromatic heterocycles. The average Bonchev–Trinajstić information content (AvgIpc) is 2.90. The van der Waals surface area contributed by atoms with Gasteiger partial charge in [-0.2, -0.15) is 0 Å². The van der Waals surface area contributed by atoms with Gasteiger partial charge in [-0.3, -0.25) is 0 Å². The zero-order chi connectivity index (χ0) is 13.2. The van der Waals surface area contributed by atoms with Crippen LogP contribution in [-0.2, 0) is 0 Å². The van der Waals surface area contributed by atoms with Crippen molar-refractivity contribution < 1.29 is 0 Å². The lowest BCUT2D eigenvalue weighted by Crippen LogP contribution is -2.08. The minimum Gasteiger partial charge on any atom is -0.382 e. The average molecular weight is 253 g/mol. The molecule has 0 saturated heterocycles. The molecule has 2 heterocycles. The fourth-order valence-electron chi connectivity index (χ4n) is 2.28. The zero-order valence-electron chi connectivity index (χ0n) is 10.7. The highest BCUT2D eigenvalue weighted by atomic mass is 15.0. The van der Waals surface area contributed by atoms with Crippen molar-refractivity contribution in [1.82, 2.24) is 19.9 Å². The molecule has 0 spiro atoms. The van der Waals surface area contributed by atoms with E-state index in [-0.39, 0.29) is 5.92 Å². The number of aromatic amines is 1. The summed E-state index contributed by atoms with van der Waals surface area (Å²) in [6.45, 7) is 2.12. The molecule has 0 aliphatic rings. The molecule has 0 unspecified atom stereocenters. The maximum atomic E-state index is 5.94. The zero-order valence-corrected chi connectivity index (χ0v) is 10.7. The number of nitrogens with one attached hydrogen (secondary N) is 1. The lowest BCUT2D eigenvalue weighted by Gasteiger charge is -2.14. The van der Waals surface area contributed by atoms with Gasteiger partial charge in [0, 0.05) is 5.92 Å². The van der Waals surface area contributed by atoms with E-state index < -0.39 is 0 Å². The summed E-state index contributed by atoms with van der Waals surface area (Å²) in [5, 5.41) is 0. The third-order valence-electron chi connectivity index (χ3n) is 3.25. The monoisotopic (exact) mass is 253 g/mol. The van der Waals surface area contributed by atoms with Gasteiger partial charge in [0.1, 0.15) is 11.3 Å². The number of hydrogen-bond acceptors (Lipinski definition) is 4. The number of benzene rings is 1. The van der Waals surface area contributed by atoms with Gasteiger partial charge in [-0.05, 0) is 12.0 Å². The van der Waals surface area contributed by atoms with E-state index in [1.54, 1.807) is 6.33 Å². The molecule has 0 saturated carbocycles. The molecule has 0 amide bonds. The summed E-state index contributed by atoms with van der Waals surface area (Å²) in [6.07, 6.45) is 2.51. The molecule has 96 valence electrons. The molecule has 0 bridgehead atoms. The quantitative estimate of drug-likeness (QED) is 0.751. The summed E-state index contributed by atoms with van der Waals surface area (Å²) in [7, 11) is 0. The Morgan fingerprint density at radius 2 is 2.00 bits per heavy atom. The van der Waals surface area contributed by atoms with Crippen molar-refractivity contribution in [2.24, 2.45) is 0 Å². The smallest absolute Gasteiger partial charge is 0.163 e. The summed E-state index contributed by atoms with van der Waals surface area (Å²) in [5.74, 6) is 1.31. The number of nitrogens with zero attached hydrogens (tertiary/aromatic N) is 3. The largest absolute Gasteiger partial charge is 0.382 e. The Hall–Kier alpha value is -2.43. The van der Waals surface area contributed by atoms with Crippen LogP contribution in [0.15, 0.2) is 36.7 Å². The number of aromatic nitrogens is 4. The Morgan fingerprint density at radius 1 is 1.21 bits per heavy atom. The van der Waals surface area contributed by atoms with Gasteiger partial charge in [-0.15, -0.1) is 0 Å². The maximum Gasteiger partial charge on any atom is 0.163 e. The lowest BCUT2D eigenvalue weighted by atomic mass is 9.96. The van der Waals surface area contributed by atoms with Gasteiger partial charge < -0.3 is 10.7 Å². The van der Waals surface area contributed by atoms with Gasteiger partial charge in [0.2, 0.25) is 0 Å². The first-order chi connectivity index (χ1) is 9.29. The molecule has 5 heteroatoms. The summed E-state index contributed by atoms with van der Waals surface area (Å²) in [6, 6.07) is 10.2. The van der Waals surface area contributed by atoms with Crippen molar-refractivity contribution in [2.45, 2.75) is 19.3 Å². The van der Waals surface area contributed by atoms with Gasteiger partial charge in [0.25, 0.3) is 0 Å². The summed E-state index contributed by atoms with van der Waals surface area (Å²) >= 11 is 0. The number of nitrogen functional groups attached to an aromatic ring is 1. The standard InChI is InChI=1S/C14H15N5/c1-2-10(9-6-4-3-5-7-9)13-18-12(15)11-14(19-13)17-8-16-11/h3-8,10H,2H2,1H3,(H3,15,16,17,18,19)/t10-/m1/s1. The van der Waals surface area contributed by atoms with Crippen LogP contribution in [0.25, 0.3) is 11.2 Å². The molecule has 5 nitrogen and oxygen atoms in total. The highest BCUT2D eigenvalue weighted by molar-refractivity contribution is 5.80. The second kappa shape index (κ2) is 4.68. The Morgan fingerprint density at radius 3 is 2.74 bits per heavy atom. The first kappa shape index (κ1) is 11.6. The predicted octanol–water partition coefficient (Wildman–Crippen LogP) is 2.48. The minimum absolute atomic E-state index is 0.149. The highest BCUT2D eigenvalue weighted by Crippen LogP contribution is 2.27. The number of rotatable bonds is 3. The van der Waals surface area contributed by atoms with Gasteiger partial charge in [0.05, 0.1) is 6.33 Å². The van der Waals surface area contributed by atoms with Crippen LogP contribution in [0.5, 0.6) is 0 Å². The predicted molar refractivity (Wildman–Crippen MR) is 74.7 cm³/mol. The van der Waals surface area contributed by atoms with Crippen molar-refractivity contribution in [2.75, 3.05) is 5.73 Å². The fraction of sp³-hybridized carbons (Fsp3) is 0.214. The van der Waals surface area contributed by atoms with Crippen molar-refractivity contribution in [3.05, 3.63) is 48.0 Å². The van der Waals surface area contributed by atoms with Gasteiger partial charge in [0.15, 0.2) is 11.5 Å². The molecule has 3 aromatic rings. The molecule has 0 radical (unpaired) electrons. The van der Waals surface area contributed by atoms with Gasteiger partial charge in [-0.25, -0.2) is 15.0 Å². The van der Waals surface area contributed by atoms with Gasteiger partial charge >= 0.3 is 0 Å². The normalized spacial score (nSPS) is 12.7. The number of anilines is 1. The molecule has 3 rings (SSSR count). The van der Waals surface area contributed by atoms with Crippen LogP contribution < -0.4 is 5.73 Å². The van der Waals surface area contributed by atoms with E-state index in [1.165, 1.54) is 5.56 Å². The van der Waals surface area contributed by atoms with Crippen LogP contribution >= 0.6 is 0 Å². The van der Waals surface area contributed by atoms with E-state index in [0.29, 0.717) is 17.0 Å². The Labute approximate surface area is 110 Å². The second-order valence-corrected chi connectivity index (χ2v) is 4.44. The molecule has 19 heavy (non-hydrogen) atoms. The number of hydrogen-bond donors (Lipinski definition) is 2. The number of fused-ring (bicyclic) bond motifs is 1. The molecule has 1 atom stereocenters. The SMILES string of the molecule is CC[C@H](c1ccccc1)c1nc(N)c2nc[nH]c2n1. The van der Waals surface area contributed by atoms with E-state index in [0.717, 1.165) is 12.2 Å². The van der Waals surface area contributed by atoms with Crippen LogP contribution in [-0.4, -0.2) is 19.9 Å². The van der Waals surface area contributed by atoms with Crippen LogP contribution in [0.4, 0.5) is 5.82 Å². The van der Waals surface area contributed by atoms with Crippen molar-refractivity contribution >= 4 is 17.0 Å². The van der Waals surface area contributed by atoms with E-state index in [4.69, 9.17) is 5.73 Å².